The fourth-order valence-corrected chi connectivity index (χ4v) is 4.03. The molecule has 4 rings (SSSR count). The lowest BCUT2D eigenvalue weighted by atomic mass is 9.91. The zero-order valence-corrected chi connectivity index (χ0v) is 16.7. The predicted molar refractivity (Wildman–Crippen MR) is 110 cm³/mol. The van der Waals surface area contributed by atoms with Crippen LogP contribution in [0.15, 0.2) is 30.3 Å². The molecule has 0 bridgehead atoms. The number of anilines is 1. The second-order valence-corrected chi connectivity index (χ2v) is 7.79. The molecule has 148 valence electrons. The SMILES string of the molecule is COc1cc(-c2ccc(N3CCN(C4CCC4)CC3)nn2)ccc1CC(C)=O. The van der Waals surface area contributed by atoms with Crippen LogP contribution in [0.1, 0.15) is 31.7 Å². The van der Waals surface area contributed by atoms with E-state index in [9.17, 15) is 4.79 Å². The third-order valence-electron chi connectivity index (χ3n) is 5.90. The summed E-state index contributed by atoms with van der Waals surface area (Å²) in [5, 5.41) is 8.92. The predicted octanol–water partition coefficient (Wildman–Crippen LogP) is 2.96. The molecule has 2 heterocycles. The summed E-state index contributed by atoms with van der Waals surface area (Å²) in [5.74, 6) is 1.77. The largest absolute Gasteiger partial charge is 0.496 e. The second kappa shape index (κ2) is 8.27. The summed E-state index contributed by atoms with van der Waals surface area (Å²) < 4.78 is 5.46. The normalized spacial score (nSPS) is 18.0. The Morgan fingerprint density at radius 1 is 1.11 bits per heavy atom. The molecule has 0 atom stereocenters. The first-order chi connectivity index (χ1) is 13.6. The van der Waals surface area contributed by atoms with Crippen molar-refractivity contribution in [3.63, 3.8) is 0 Å². The van der Waals surface area contributed by atoms with Crippen molar-refractivity contribution in [1.29, 1.82) is 0 Å². The van der Waals surface area contributed by atoms with Gasteiger partial charge in [-0.2, -0.15) is 0 Å². The van der Waals surface area contributed by atoms with E-state index in [1.54, 1.807) is 14.0 Å². The molecule has 6 nitrogen and oxygen atoms in total. The van der Waals surface area contributed by atoms with Crippen LogP contribution in [0.5, 0.6) is 5.75 Å². The van der Waals surface area contributed by atoms with Crippen LogP contribution in [0.3, 0.4) is 0 Å². The van der Waals surface area contributed by atoms with Crippen LogP contribution >= 0.6 is 0 Å². The molecule has 1 aromatic carbocycles. The van der Waals surface area contributed by atoms with Crippen LogP contribution in [-0.2, 0) is 11.2 Å². The molecular weight excluding hydrogens is 352 g/mol. The van der Waals surface area contributed by atoms with Gasteiger partial charge < -0.3 is 9.64 Å². The topological polar surface area (TPSA) is 58.6 Å². The van der Waals surface area contributed by atoms with E-state index >= 15 is 0 Å². The number of carbonyl (C=O) groups is 1. The summed E-state index contributed by atoms with van der Waals surface area (Å²) in [7, 11) is 1.63. The van der Waals surface area contributed by atoms with Gasteiger partial charge in [-0.05, 0) is 38.0 Å². The number of hydrogen-bond donors (Lipinski definition) is 0. The molecule has 1 aromatic heterocycles. The van der Waals surface area contributed by atoms with Gasteiger partial charge in [0.05, 0.1) is 12.8 Å². The van der Waals surface area contributed by atoms with Crippen molar-refractivity contribution in [3.8, 4) is 17.0 Å². The van der Waals surface area contributed by atoms with Gasteiger partial charge in [-0.15, -0.1) is 10.2 Å². The molecule has 0 amide bonds. The highest BCUT2D eigenvalue weighted by molar-refractivity contribution is 5.79. The first-order valence-electron chi connectivity index (χ1n) is 10.1. The lowest BCUT2D eigenvalue weighted by molar-refractivity contribution is -0.116. The quantitative estimate of drug-likeness (QED) is 0.768. The van der Waals surface area contributed by atoms with Gasteiger partial charge in [0.2, 0.25) is 0 Å². The minimum absolute atomic E-state index is 0.118. The molecule has 2 aromatic rings. The maximum Gasteiger partial charge on any atom is 0.151 e. The smallest absolute Gasteiger partial charge is 0.151 e. The number of rotatable bonds is 6. The van der Waals surface area contributed by atoms with Crippen molar-refractivity contribution in [2.24, 2.45) is 0 Å². The van der Waals surface area contributed by atoms with Crippen LogP contribution in [0.4, 0.5) is 5.82 Å². The minimum Gasteiger partial charge on any atom is -0.496 e. The summed E-state index contributed by atoms with van der Waals surface area (Å²) in [4.78, 5) is 16.4. The van der Waals surface area contributed by atoms with Crippen LogP contribution in [-0.4, -0.2) is 60.2 Å². The highest BCUT2D eigenvalue weighted by Crippen LogP contribution is 2.28. The van der Waals surface area contributed by atoms with Crippen molar-refractivity contribution in [3.05, 3.63) is 35.9 Å². The highest BCUT2D eigenvalue weighted by Gasteiger charge is 2.28. The molecule has 2 fully saturated rings. The van der Waals surface area contributed by atoms with Crippen molar-refractivity contribution in [1.82, 2.24) is 15.1 Å². The van der Waals surface area contributed by atoms with E-state index in [0.717, 1.165) is 54.9 Å². The number of nitrogens with zero attached hydrogens (tertiary/aromatic N) is 4. The molecule has 0 N–H and O–H groups in total. The Labute approximate surface area is 166 Å². The van der Waals surface area contributed by atoms with E-state index in [1.807, 2.05) is 24.3 Å². The van der Waals surface area contributed by atoms with E-state index < -0.39 is 0 Å². The van der Waals surface area contributed by atoms with Gasteiger partial charge in [0.15, 0.2) is 5.82 Å². The minimum atomic E-state index is 0.118. The number of ketones is 1. The van der Waals surface area contributed by atoms with E-state index in [-0.39, 0.29) is 5.78 Å². The van der Waals surface area contributed by atoms with Crippen LogP contribution in [0, 0.1) is 0 Å². The lowest BCUT2D eigenvalue weighted by Gasteiger charge is -2.43. The molecule has 1 saturated carbocycles. The van der Waals surface area contributed by atoms with E-state index in [1.165, 1.54) is 19.3 Å². The van der Waals surface area contributed by atoms with Gasteiger partial charge in [-0.1, -0.05) is 18.6 Å². The second-order valence-electron chi connectivity index (χ2n) is 7.79. The summed E-state index contributed by atoms with van der Waals surface area (Å²) >= 11 is 0. The molecule has 0 unspecified atom stereocenters. The Kier molecular flexibility index (Phi) is 5.57. The van der Waals surface area contributed by atoms with Gasteiger partial charge in [0.25, 0.3) is 0 Å². The Hall–Kier alpha value is -2.47. The number of Topliss-reactive ketones (excluding diaryl/α,β-unsaturated/α-hetero) is 1. The zero-order chi connectivity index (χ0) is 19.5. The third kappa shape index (κ3) is 4.02. The summed E-state index contributed by atoms with van der Waals surface area (Å²) in [6.45, 7) is 5.84. The number of methoxy groups -OCH3 is 1. The Bertz CT molecular complexity index is 825. The van der Waals surface area contributed by atoms with E-state index in [2.05, 4.69) is 26.1 Å². The summed E-state index contributed by atoms with van der Waals surface area (Å²) in [6, 6.07) is 10.7. The average Bonchev–Trinajstić information content (AvgIpc) is 2.67. The van der Waals surface area contributed by atoms with Crippen molar-refractivity contribution >= 4 is 11.6 Å². The summed E-state index contributed by atoms with van der Waals surface area (Å²) in [6.07, 6.45) is 4.49. The van der Waals surface area contributed by atoms with Gasteiger partial charge in [0.1, 0.15) is 11.5 Å². The average molecular weight is 380 g/mol. The molecular formula is C22H28N4O2. The molecule has 1 aliphatic heterocycles. The standard InChI is InChI=1S/C22H28N4O2/c1-16(27)14-18-7-6-17(15-21(18)28-2)20-8-9-22(24-23-20)26-12-10-25(11-13-26)19-4-3-5-19/h6-9,15,19H,3-5,10-14H2,1-2H3. The van der Waals surface area contributed by atoms with Crippen molar-refractivity contribution in [2.75, 3.05) is 38.2 Å². The van der Waals surface area contributed by atoms with Gasteiger partial charge in [-0.3, -0.25) is 9.69 Å². The first kappa shape index (κ1) is 18.9. The maximum absolute atomic E-state index is 11.4. The molecule has 0 spiro atoms. The molecule has 6 heteroatoms. The number of hydrogen-bond acceptors (Lipinski definition) is 6. The fourth-order valence-electron chi connectivity index (χ4n) is 4.03. The Balaban J connectivity index is 1.44. The Morgan fingerprint density at radius 2 is 1.89 bits per heavy atom. The van der Waals surface area contributed by atoms with E-state index in [4.69, 9.17) is 4.74 Å². The molecule has 1 saturated heterocycles. The Morgan fingerprint density at radius 3 is 2.46 bits per heavy atom. The van der Waals surface area contributed by atoms with Crippen LogP contribution < -0.4 is 9.64 Å². The van der Waals surface area contributed by atoms with E-state index in [0.29, 0.717) is 12.2 Å². The van der Waals surface area contributed by atoms with Gasteiger partial charge in [-0.25, -0.2) is 0 Å². The maximum atomic E-state index is 11.4. The number of carbonyl (C=O) groups excluding carboxylic acids is 1. The third-order valence-corrected chi connectivity index (χ3v) is 5.90. The van der Waals surface area contributed by atoms with Crippen molar-refractivity contribution in [2.45, 2.75) is 38.6 Å². The van der Waals surface area contributed by atoms with Crippen LogP contribution in [0.25, 0.3) is 11.3 Å². The molecule has 28 heavy (non-hydrogen) atoms. The molecule has 0 radical (unpaired) electrons. The first-order valence-corrected chi connectivity index (χ1v) is 10.1. The molecule has 2 aliphatic rings. The summed E-state index contributed by atoms with van der Waals surface area (Å²) in [5.41, 5.74) is 2.65. The number of aromatic nitrogens is 2. The van der Waals surface area contributed by atoms with Crippen LogP contribution in [0.2, 0.25) is 0 Å². The van der Waals surface area contributed by atoms with Gasteiger partial charge in [0, 0.05) is 49.8 Å². The zero-order valence-electron chi connectivity index (χ0n) is 16.7. The monoisotopic (exact) mass is 380 g/mol. The van der Waals surface area contributed by atoms with Crippen molar-refractivity contribution < 1.29 is 9.53 Å². The van der Waals surface area contributed by atoms with Gasteiger partial charge >= 0.3 is 0 Å². The number of ether oxygens (including phenoxy) is 1. The number of benzene rings is 1. The molecule has 1 aliphatic carbocycles. The number of piperazine rings is 1. The fraction of sp³-hybridized carbons (Fsp3) is 0.500. The lowest BCUT2D eigenvalue weighted by Crippen LogP contribution is -2.52. The highest BCUT2D eigenvalue weighted by atomic mass is 16.5.